The van der Waals surface area contributed by atoms with Crippen molar-refractivity contribution in [3.8, 4) is 0 Å². The van der Waals surface area contributed by atoms with Crippen molar-refractivity contribution in [3.05, 3.63) is 22.4 Å². The second-order valence-electron chi connectivity index (χ2n) is 2.31. The summed E-state index contributed by atoms with van der Waals surface area (Å²) in [6, 6.07) is 0.997. The number of nitrogens with zero attached hydrogens (tertiary/aromatic N) is 1. The van der Waals surface area contributed by atoms with Gasteiger partial charge in [0.1, 0.15) is 4.60 Å². The van der Waals surface area contributed by atoms with Crippen LogP contribution in [0.2, 0.25) is 0 Å². The van der Waals surface area contributed by atoms with E-state index in [-0.39, 0.29) is 0 Å². The molecule has 0 aliphatic rings. The third-order valence-corrected chi connectivity index (χ3v) is 2.07. The standard InChI is InChI=1S/C7H6BrF3N2/c1-12-5-2-4(7(9,10)11)3-13-6(5)8/h2-3,12H,1H3. The van der Waals surface area contributed by atoms with Gasteiger partial charge in [-0.25, -0.2) is 4.98 Å². The average molecular weight is 255 g/mol. The molecule has 0 aliphatic heterocycles. The minimum Gasteiger partial charge on any atom is -0.386 e. The number of alkyl halides is 3. The minimum atomic E-state index is -4.35. The molecule has 0 amide bonds. The van der Waals surface area contributed by atoms with Gasteiger partial charge >= 0.3 is 6.18 Å². The van der Waals surface area contributed by atoms with Gasteiger partial charge in [-0.15, -0.1) is 0 Å². The molecule has 1 rings (SSSR count). The molecule has 72 valence electrons. The van der Waals surface area contributed by atoms with Crippen molar-refractivity contribution >= 4 is 21.6 Å². The Morgan fingerprint density at radius 3 is 2.54 bits per heavy atom. The molecule has 1 heterocycles. The maximum atomic E-state index is 12.2. The second kappa shape index (κ2) is 3.53. The van der Waals surface area contributed by atoms with E-state index in [4.69, 9.17) is 0 Å². The average Bonchev–Trinajstić information content (AvgIpc) is 2.03. The number of hydrogen-bond acceptors (Lipinski definition) is 2. The molecule has 0 aliphatic carbocycles. The molecule has 1 aromatic rings. The summed E-state index contributed by atoms with van der Waals surface area (Å²) >= 11 is 3.02. The first-order chi connectivity index (χ1) is 5.95. The van der Waals surface area contributed by atoms with E-state index in [9.17, 15) is 13.2 Å². The highest BCUT2D eigenvalue weighted by Gasteiger charge is 2.31. The normalized spacial score (nSPS) is 11.5. The quantitative estimate of drug-likeness (QED) is 0.780. The number of nitrogens with one attached hydrogen (secondary N) is 1. The largest absolute Gasteiger partial charge is 0.417 e. The molecule has 2 nitrogen and oxygen atoms in total. The van der Waals surface area contributed by atoms with Gasteiger partial charge < -0.3 is 5.32 Å². The van der Waals surface area contributed by atoms with E-state index in [0.29, 0.717) is 10.3 Å². The fourth-order valence-corrected chi connectivity index (χ4v) is 1.19. The molecule has 1 aromatic heterocycles. The van der Waals surface area contributed by atoms with Crippen LogP contribution in [0.25, 0.3) is 0 Å². The predicted octanol–water partition coefficient (Wildman–Crippen LogP) is 2.90. The van der Waals surface area contributed by atoms with Gasteiger partial charge in [-0.3, -0.25) is 0 Å². The number of aromatic nitrogens is 1. The first-order valence-corrected chi connectivity index (χ1v) is 4.15. The van der Waals surface area contributed by atoms with Crippen molar-refractivity contribution in [2.75, 3.05) is 12.4 Å². The van der Waals surface area contributed by atoms with E-state index in [1.165, 1.54) is 7.05 Å². The van der Waals surface area contributed by atoms with Crippen LogP contribution >= 0.6 is 15.9 Å². The van der Waals surface area contributed by atoms with Gasteiger partial charge in [0.2, 0.25) is 0 Å². The third kappa shape index (κ3) is 2.33. The van der Waals surface area contributed by atoms with E-state index >= 15 is 0 Å². The lowest BCUT2D eigenvalue weighted by atomic mass is 10.2. The molecular weight excluding hydrogens is 249 g/mol. The Hall–Kier alpha value is -0.780. The lowest BCUT2D eigenvalue weighted by Gasteiger charge is -2.08. The highest BCUT2D eigenvalue weighted by Crippen LogP contribution is 2.32. The monoisotopic (exact) mass is 254 g/mol. The smallest absolute Gasteiger partial charge is 0.386 e. The zero-order chi connectivity index (χ0) is 10.1. The number of anilines is 1. The van der Waals surface area contributed by atoms with Gasteiger partial charge in [0, 0.05) is 13.2 Å². The summed E-state index contributed by atoms with van der Waals surface area (Å²) < 4.78 is 36.8. The topological polar surface area (TPSA) is 24.9 Å². The highest BCUT2D eigenvalue weighted by molar-refractivity contribution is 9.10. The molecule has 0 fully saturated rings. The zero-order valence-electron chi connectivity index (χ0n) is 6.61. The molecular formula is C7H6BrF3N2. The van der Waals surface area contributed by atoms with Crippen LogP contribution < -0.4 is 5.32 Å². The summed E-state index contributed by atoms with van der Waals surface area (Å²) in [5.74, 6) is 0. The first kappa shape index (κ1) is 10.3. The summed E-state index contributed by atoms with van der Waals surface area (Å²) in [7, 11) is 1.53. The molecule has 0 bridgehead atoms. The summed E-state index contributed by atoms with van der Waals surface area (Å²) in [6.45, 7) is 0. The number of halogens is 4. The van der Waals surface area contributed by atoms with Crippen molar-refractivity contribution in [2.24, 2.45) is 0 Å². The second-order valence-corrected chi connectivity index (χ2v) is 3.06. The Labute approximate surface area is 81.3 Å². The third-order valence-electron chi connectivity index (χ3n) is 1.44. The van der Waals surface area contributed by atoms with Gasteiger partial charge in [0.25, 0.3) is 0 Å². The van der Waals surface area contributed by atoms with Crippen LogP contribution in [0.15, 0.2) is 16.9 Å². The van der Waals surface area contributed by atoms with Crippen molar-refractivity contribution in [1.29, 1.82) is 0 Å². The SMILES string of the molecule is CNc1cc(C(F)(F)F)cnc1Br. The maximum absolute atomic E-state index is 12.2. The zero-order valence-corrected chi connectivity index (χ0v) is 8.20. The van der Waals surface area contributed by atoms with Crippen LogP contribution in [0.4, 0.5) is 18.9 Å². The van der Waals surface area contributed by atoms with E-state index in [1.807, 2.05) is 0 Å². The van der Waals surface area contributed by atoms with Gasteiger partial charge in [-0.1, -0.05) is 0 Å². The van der Waals surface area contributed by atoms with Crippen LogP contribution in [0.3, 0.4) is 0 Å². The van der Waals surface area contributed by atoms with Crippen molar-refractivity contribution in [2.45, 2.75) is 6.18 Å². The summed E-state index contributed by atoms with van der Waals surface area (Å²) in [5.41, 5.74) is -0.449. The first-order valence-electron chi connectivity index (χ1n) is 3.35. The van der Waals surface area contributed by atoms with Crippen molar-refractivity contribution in [3.63, 3.8) is 0 Å². The molecule has 1 N–H and O–H groups in total. The van der Waals surface area contributed by atoms with E-state index in [1.54, 1.807) is 0 Å². The van der Waals surface area contributed by atoms with Crippen LogP contribution in [0.5, 0.6) is 0 Å². The van der Waals surface area contributed by atoms with E-state index < -0.39 is 11.7 Å². The van der Waals surface area contributed by atoms with Gasteiger partial charge in [-0.05, 0) is 22.0 Å². The maximum Gasteiger partial charge on any atom is 0.417 e. The van der Waals surface area contributed by atoms with Gasteiger partial charge in [0.15, 0.2) is 0 Å². The Morgan fingerprint density at radius 2 is 2.08 bits per heavy atom. The van der Waals surface area contributed by atoms with E-state index in [2.05, 4.69) is 26.2 Å². The molecule has 0 radical (unpaired) electrons. The Bertz CT molecular complexity index is 311. The molecule has 0 saturated heterocycles. The molecule has 0 spiro atoms. The Morgan fingerprint density at radius 1 is 1.46 bits per heavy atom. The molecule has 0 unspecified atom stereocenters. The summed E-state index contributed by atoms with van der Waals surface area (Å²) in [6.07, 6.45) is -3.57. The molecule has 13 heavy (non-hydrogen) atoms. The number of pyridine rings is 1. The predicted molar refractivity (Wildman–Crippen MR) is 46.5 cm³/mol. The van der Waals surface area contributed by atoms with Crippen LogP contribution in [0.1, 0.15) is 5.56 Å². The van der Waals surface area contributed by atoms with Gasteiger partial charge in [-0.2, -0.15) is 13.2 Å². The molecule has 0 atom stereocenters. The van der Waals surface area contributed by atoms with Gasteiger partial charge in [0.05, 0.1) is 11.3 Å². The van der Waals surface area contributed by atoms with Crippen LogP contribution in [-0.2, 0) is 6.18 Å². The van der Waals surface area contributed by atoms with Crippen LogP contribution in [0, 0.1) is 0 Å². The van der Waals surface area contributed by atoms with Crippen molar-refractivity contribution in [1.82, 2.24) is 4.98 Å². The number of hydrogen-bond donors (Lipinski definition) is 1. The lowest BCUT2D eigenvalue weighted by Crippen LogP contribution is -2.06. The fraction of sp³-hybridized carbons (Fsp3) is 0.286. The minimum absolute atomic E-state index is 0.315. The molecule has 6 heteroatoms. The summed E-state index contributed by atoms with van der Waals surface area (Å²) in [5, 5.41) is 2.60. The molecule has 0 aromatic carbocycles. The van der Waals surface area contributed by atoms with E-state index in [0.717, 1.165) is 12.3 Å². The lowest BCUT2D eigenvalue weighted by molar-refractivity contribution is -0.137. The fourth-order valence-electron chi connectivity index (χ4n) is 0.778. The number of rotatable bonds is 1. The highest BCUT2D eigenvalue weighted by atomic mass is 79.9. The van der Waals surface area contributed by atoms with Crippen molar-refractivity contribution < 1.29 is 13.2 Å². The van der Waals surface area contributed by atoms with Crippen LogP contribution in [-0.4, -0.2) is 12.0 Å². The summed E-state index contributed by atoms with van der Waals surface area (Å²) in [4.78, 5) is 3.55. The molecule has 0 saturated carbocycles. The Kier molecular flexibility index (Phi) is 2.80. The Balaban J connectivity index is 3.14.